The van der Waals surface area contributed by atoms with Gasteiger partial charge in [-0.1, -0.05) is 36.4 Å². The summed E-state index contributed by atoms with van der Waals surface area (Å²) in [6.07, 6.45) is 3.56. The van der Waals surface area contributed by atoms with E-state index in [-0.39, 0.29) is 11.8 Å². The quantitative estimate of drug-likeness (QED) is 0.587. The maximum absolute atomic E-state index is 11.9. The second kappa shape index (κ2) is 4.37. The maximum atomic E-state index is 11.9. The molecule has 1 aliphatic rings. The highest BCUT2D eigenvalue weighted by Gasteiger charge is 2.33. The van der Waals surface area contributed by atoms with Gasteiger partial charge in [-0.05, 0) is 19.1 Å². The molecule has 0 spiro atoms. The van der Waals surface area contributed by atoms with E-state index in [0.717, 1.165) is 5.57 Å². The van der Waals surface area contributed by atoms with Gasteiger partial charge in [-0.25, -0.2) is 0 Å². The number of fused-ring (bicyclic) bond motifs is 1. The van der Waals surface area contributed by atoms with Crippen LogP contribution in [0.2, 0.25) is 0 Å². The number of amides is 2. The van der Waals surface area contributed by atoms with Crippen molar-refractivity contribution in [3.63, 3.8) is 0 Å². The Labute approximate surface area is 100 Å². The summed E-state index contributed by atoms with van der Waals surface area (Å²) in [5.41, 5.74) is 1.86. The molecule has 0 unspecified atom stereocenters. The summed E-state index contributed by atoms with van der Waals surface area (Å²) >= 11 is 0. The third-order valence-electron chi connectivity index (χ3n) is 2.57. The van der Waals surface area contributed by atoms with Gasteiger partial charge >= 0.3 is 0 Å². The van der Waals surface area contributed by atoms with Crippen molar-refractivity contribution in [3.05, 3.63) is 59.7 Å². The van der Waals surface area contributed by atoms with Crippen molar-refractivity contribution < 1.29 is 9.59 Å². The van der Waals surface area contributed by atoms with E-state index in [9.17, 15) is 9.59 Å². The van der Waals surface area contributed by atoms with Gasteiger partial charge in [0.15, 0.2) is 0 Å². The van der Waals surface area contributed by atoms with Crippen molar-refractivity contribution in [1.82, 2.24) is 4.90 Å². The van der Waals surface area contributed by atoms with Crippen LogP contribution < -0.4 is 0 Å². The van der Waals surface area contributed by atoms with E-state index in [1.807, 2.05) is 6.92 Å². The Bertz CT molecular complexity index is 494. The predicted molar refractivity (Wildman–Crippen MR) is 65.8 cm³/mol. The van der Waals surface area contributed by atoms with E-state index in [1.165, 1.54) is 4.90 Å². The van der Waals surface area contributed by atoms with Crippen LogP contribution in [0, 0.1) is 0 Å². The van der Waals surface area contributed by atoms with E-state index < -0.39 is 0 Å². The zero-order valence-corrected chi connectivity index (χ0v) is 9.64. The Hall–Kier alpha value is -2.16. The van der Waals surface area contributed by atoms with E-state index in [2.05, 4.69) is 6.58 Å². The third kappa shape index (κ3) is 2.04. The predicted octanol–water partition coefficient (Wildman–Crippen LogP) is 2.41. The molecule has 1 aromatic rings. The first-order chi connectivity index (χ1) is 8.11. The first kappa shape index (κ1) is 11.3. The van der Waals surface area contributed by atoms with Gasteiger partial charge in [0.1, 0.15) is 0 Å². The highest BCUT2D eigenvalue weighted by atomic mass is 16.2. The molecule has 0 N–H and O–H groups in total. The van der Waals surface area contributed by atoms with Crippen molar-refractivity contribution in [2.75, 3.05) is 6.54 Å². The van der Waals surface area contributed by atoms with Crippen LogP contribution in [0.15, 0.2) is 48.6 Å². The first-order valence-corrected chi connectivity index (χ1v) is 5.38. The molecule has 1 aromatic carbocycles. The van der Waals surface area contributed by atoms with Crippen LogP contribution in [0.25, 0.3) is 0 Å². The lowest BCUT2D eigenvalue weighted by Crippen LogP contribution is -2.29. The highest BCUT2D eigenvalue weighted by molar-refractivity contribution is 6.21. The number of benzene rings is 1. The summed E-state index contributed by atoms with van der Waals surface area (Å²) in [4.78, 5) is 25.1. The van der Waals surface area contributed by atoms with Gasteiger partial charge in [0.25, 0.3) is 11.8 Å². The fourth-order valence-electron chi connectivity index (χ4n) is 1.76. The fraction of sp³-hybridized carbons (Fsp3) is 0.143. The first-order valence-electron chi connectivity index (χ1n) is 5.38. The molecule has 0 aromatic heterocycles. The second-order valence-corrected chi connectivity index (χ2v) is 4.02. The molecule has 2 rings (SSSR count). The molecule has 0 saturated heterocycles. The third-order valence-corrected chi connectivity index (χ3v) is 2.57. The average molecular weight is 227 g/mol. The van der Waals surface area contributed by atoms with Crippen LogP contribution in [0.1, 0.15) is 27.6 Å². The molecular formula is C14H13NO2. The summed E-state index contributed by atoms with van der Waals surface area (Å²) in [5, 5.41) is 0. The molecule has 2 amide bonds. The number of hydrogen-bond donors (Lipinski definition) is 0. The molecule has 0 atom stereocenters. The van der Waals surface area contributed by atoms with Gasteiger partial charge < -0.3 is 0 Å². The number of carbonyl (C=O) groups is 2. The number of allylic oxidation sites excluding steroid dienone is 2. The Balaban J connectivity index is 2.22. The molecule has 0 bridgehead atoms. The number of imide groups is 1. The number of carbonyl (C=O) groups excluding carboxylic acids is 2. The molecule has 3 heteroatoms. The Kier molecular flexibility index (Phi) is 2.91. The van der Waals surface area contributed by atoms with Crippen LogP contribution in [-0.2, 0) is 0 Å². The van der Waals surface area contributed by atoms with Crippen molar-refractivity contribution in [3.8, 4) is 0 Å². The monoisotopic (exact) mass is 227 g/mol. The fourth-order valence-corrected chi connectivity index (χ4v) is 1.76. The Morgan fingerprint density at radius 2 is 1.76 bits per heavy atom. The van der Waals surface area contributed by atoms with Crippen molar-refractivity contribution in [1.29, 1.82) is 0 Å². The van der Waals surface area contributed by atoms with Crippen molar-refractivity contribution in [2.24, 2.45) is 0 Å². The van der Waals surface area contributed by atoms with E-state index in [1.54, 1.807) is 36.4 Å². The van der Waals surface area contributed by atoms with Crippen LogP contribution >= 0.6 is 0 Å². The normalized spacial score (nSPS) is 14.5. The average Bonchev–Trinajstić information content (AvgIpc) is 2.54. The Morgan fingerprint density at radius 1 is 1.24 bits per heavy atom. The maximum Gasteiger partial charge on any atom is 0.261 e. The SMILES string of the molecule is C=C(C)/C=C/CN1C(=O)c2ccccc2C1=O. The number of hydrogen-bond acceptors (Lipinski definition) is 2. The molecule has 3 nitrogen and oxygen atoms in total. The van der Waals surface area contributed by atoms with Crippen LogP contribution in [-0.4, -0.2) is 23.3 Å². The molecular weight excluding hydrogens is 214 g/mol. The van der Waals surface area contributed by atoms with Crippen LogP contribution in [0.3, 0.4) is 0 Å². The summed E-state index contributed by atoms with van der Waals surface area (Å²) in [6.45, 7) is 5.87. The molecule has 0 fully saturated rings. The number of rotatable bonds is 3. The van der Waals surface area contributed by atoms with Crippen LogP contribution in [0.4, 0.5) is 0 Å². The minimum atomic E-state index is -0.225. The second-order valence-electron chi connectivity index (χ2n) is 4.02. The molecule has 0 radical (unpaired) electrons. The van der Waals surface area contributed by atoms with E-state index in [4.69, 9.17) is 0 Å². The summed E-state index contributed by atoms with van der Waals surface area (Å²) in [7, 11) is 0. The number of nitrogens with zero attached hydrogens (tertiary/aromatic N) is 1. The van der Waals surface area contributed by atoms with Gasteiger partial charge in [-0.15, -0.1) is 0 Å². The largest absolute Gasteiger partial charge is 0.270 e. The summed E-state index contributed by atoms with van der Waals surface area (Å²) in [5.74, 6) is -0.450. The topological polar surface area (TPSA) is 37.4 Å². The highest BCUT2D eigenvalue weighted by Crippen LogP contribution is 2.21. The van der Waals surface area contributed by atoms with Gasteiger partial charge in [0.2, 0.25) is 0 Å². The van der Waals surface area contributed by atoms with Crippen molar-refractivity contribution >= 4 is 11.8 Å². The molecule has 1 aliphatic heterocycles. The van der Waals surface area contributed by atoms with Gasteiger partial charge in [0, 0.05) is 6.54 Å². The molecule has 0 saturated carbocycles. The van der Waals surface area contributed by atoms with E-state index >= 15 is 0 Å². The van der Waals surface area contributed by atoms with Gasteiger partial charge in [-0.3, -0.25) is 14.5 Å². The molecule has 17 heavy (non-hydrogen) atoms. The minimum absolute atomic E-state index is 0.225. The zero-order valence-electron chi connectivity index (χ0n) is 9.64. The van der Waals surface area contributed by atoms with Gasteiger partial charge in [-0.2, -0.15) is 0 Å². The summed E-state index contributed by atoms with van der Waals surface area (Å²) < 4.78 is 0. The van der Waals surface area contributed by atoms with E-state index in [0.29, 0.717) is 17.7 Å². The van der Waals surface area contributed by atoms with Gasteiger partial charge in [0.05, 0.1) is 11.1 Å². The molecule has 0 aliphatic carbocycles. The smallest absolute Gasteiger partial charge is 0.261 e. The van der Waals surface area contributed by atoms with Crippen molar-refractivity contribution in [2.45, 2.75) is 6.92 Å². The summed E-state index contributed by atoms with van der Waals surface area (Å²) in [6, 6.07) is 6.88. The zero-order chi connectivity index (χ0) is 12.4. The molecule has 86 valence electrons. The lowest BCUT2D eigenvalue weighted by Gasteiger charge is -2.10. The lowest BCUT2D eigenvalue weighted by molar-refractivity contribution is 0.0672. The standard InChI is InChI=1S/C14H13NO2/c1-10(2)6-5-9-15-13(16)11-7-3-4-8-12(11)14(15)17/h3-8H,1,9H2,2H3/b6-5+. The van der Waals surface area contributed by atoms with Crippen LogP contribution in [0.5, 0.6) is 0 Å². The molecule has 1 heterocycles. The minimum Gasteiger partial charge on any atom is -0.270 e. The Morgan fingerprint density at radius 3 is 2.24 bits per heavy atom. The lowest BCUT2D eigenvalue weighted by atomic mass is 10.1.